The molecule has 0 amide bonds. The predicted octanol–water partition coefficient (Wildman–Crippen LogP) is 1.69. The molecule has 0 spiro atoms. The first-order valence-corrected chi connectivity index (χ1v) is 8.08. The van der Waals surface area contributed by atoms with Gasteiger partial charge in [0.25, 0.3) is 0 Å². The van der Waals surface area contributed by atoms with E-state index in [2.05, 4.69) is 22.0 Å². The van der Waals surface area contributed by atoms with E-state index in [0.717, 1.165) is 18.1 Å². The second-order valence-corrected chi connectivity index (χ2v) is 6.41. The minimum atomic E-state index is 0.758. The van der Waals surface area contributed by atoms with Gasteiger partial charge >= 0.3 is 0 Å². The zero-order valence-electron chi connectivity index (χ0n) is 11.9. The maximum atomic E-state index is 3.68. The maximum Gasteiger partial charge on any atom is 0.0235 e. The smallest absolute Gasteiger partial charge is 0.0235 e. The Morgan fingerprint density at radius 3 is 2.56 bits per heavy atom. The highest BCUT2D eigenvalue weighted by Gasteiger charge is 2.36. The Morgan fingerprint density at radius 1 is 0.944 bits per heavy atom. The van der Waals surface area contributed by atoms with Crippen LogP contribution >= 0.6 is 0 Å². The van der Waals surface area contributed by atoms with E-state index in [1.165, 1.54) is 71.2 Å². The lowest BCUT2D eigenvalue weighted by Gasteiger charge is -2.33. The number of likely N-dealkylation sites (tertiary alicyclic amines) is 1. The van der Waals surface area contributed by atoms with Crippen LogP contribution in [0.4, 0.5) is 0 Å². The van der Waals surface area contributed by atoms with Gasteiger partial charge in [-0.3, -0.25) is 9.80 Å². The number of hydrogen-bond donors (Lipinski definition) is 1. The normalized spacial score (nSPS) is 36.5. The van der Waals surface area contributed by atoms with Crippen molar-refractivity contribution in [3.05, 3.63) is 0 Å². The van der Waals surface area contributed by atoms with Gasteiger partial charge in [-0.05, 0) is 58.2 Å². The van der Waals surface area contributed by atoms with Crippen LogP contribution in [0.1, 0.15) is 45.4 Å². The molecule has 1 aliphatic carbocycles. The Labute approximate surface area is 112 Å². The highest BCUT2D eigenvalue weighted by atomic mass is 15.3. The topological polar surface area (TPSA) is 18.5 Å². The number of nitrogens with zero attached hydrogens (tertiary/aromatic N) is 2. The van der Waals surface area contributed by atoms with Gasteiger partial charge in [0.05, 0.1) is 0 Å². The molecule has 2 saturated heterocycles. The molecule has 0 bridgehead atoms. The molecule has 104 valence electrons. The summed E-state index contributed by atoms with van der Waals surface area (Å²) in [6, 6.07) is 2.59. The Balaban J connectivity index is 1.51. The first kappa shape index (κ1) is 12.9. The van der Waals surface area contributed by atoms with Crippen molar-refractivity contribution in [3.8, 4) is 0 Å². The summed E-state index contributed by atoms with van der Waals surface area (Å²) in [6.07, 6.45) is 8.31. The van der Waals surface area contributed by atoms with Crippen molar-refractivity contribution in [2.45, 2.75) is 63.6 Å². The summed E-state index contributed by atoms with van der Waals surface area (Å²) in [5.41, 5.74) is 0. The highest BCUT2D eigenvalue weighted by molar-refractivity contribution is 4.93. The second kappa shape index (κ2) is 5.89. The molecule has 3 fully saturated rings. The molecule has 3 aliphatic rings. The van der Waals surface area contributed by atoms with Crippen molar-refractivity contribution in [3.63, 3.8) is 0 Å². The summed E-state index contributed by atoms with van der Waals surface area (Å²) in [6.45, 7) is 8.87. The zero-order valence-corrected chi connectivity index (χ0v) is 11.9. The van der Waals surface area contributed by atoms with Gasteiger partial charge in [-0.2, -0.15) is 0 Å². The van der Waals surface area contributed by atoms with Gasteiger partial charge in [0.2, 0.25) is 0 Å². The summed E-state index contributed by atoms with van der Waals surface area (Å²) in [5, 5.41) is 3.68. The van der Waals surface area contributed by atoms with Crippen molar-refractivity contribution in [1.29, 1.82) is 0 Å². The molecule has 3 nitrogen and oxygen atoms in total. The Bertz CT molecular complexity index is 264. The monoisotopic (exact) mass is 251 g/mol. The van der Waals surface area contributed by atoms with Crippen molar-refractivity contribution in [1.82, 2.24) is 15.1 Å². The summed E-state index contributed by atoms with van der Waals surface area (Å²) in [7, 11) is 0. The minimum absolute atomic E-state index is 0.758. The van der Waals surface area contributed by atoms with Crippen LogP contribution < -0.4 is 5.32 Å². The fraction of sp³-hybridized carbons (Fsp3) is 1.00. The SMILES string of the molecule is CCC1CCN(C2CCN(C3CC3)C2)CCCN1. The van der Waals surface area contributed by atoms with Gasteiger partial charge in [-0.25, -0.2) is 0 Å². The summed E-state index contributed by atoms with van der Waals surface area (Å²) in [5.74, 6) is 0. The van der Waals surface area contributed by atoms with Crippen LogP contribution in [0.2, 0.25) is 0 Å². The third-order valence-electron chi connectivity index (χ3n) is 5.09. The number of nitrogens with one attached hydrogen (secondary N) is 1. The van der Waals surface area contributed by atoms with E-state index in [0.29, 0.717) is 0 Å². The second-order valence-electron chi connectivity index (χ2n) is 6.41. The molecule has 18 heavy (non-hydrogen) atoms. The van der Waals surface area contributed by atoms with Crippen LogP contribution in [0.3, 0.4) is 0 Å². The molecule has 2 unspecified atom stereocenters. The van der Waals surface area contributed by atoms with Gasteiger partial charge in [0.1, 0.15) is 0 Å². The fourth-order valence-electron chi connectivity index (χ4n) is 3.67. The molecular weight excluding hydrogens is 222 g/mol. The van der Waals surface area contributed by atoms with Gasteiger partial charge in [-0.1, -0.05) is 6.92 Å². The van der Waals surface area contributed by atoms with Gasteiger partial charge in [0, 0.05) is 31.2 Å². The molecule has 3 rings (SSSR count). The molecule has 2 atom stereocenters. The first-order chi connectivity index (χ1) is 8.86. The molecule has 3 heteroatoms. The Morgan fingerprint density at radius 2 is 1.78 bits per heavy atom. The average Bonchev–Trinajstić information content (AvgIpc) is 3.09. The zero-order chi connectivity index (χ0) is 12.4. The standard InChI is InChI=1S/C15H29N3/c1-2-13-6-10-17(9-3-8-16-13)15-7-11-18(12-15)14-4-5-14/h13-16H,2-12H2,1H3. The van der Waals surface area contributed by atoms with Crippen LogP contribution in [0.25, 0.3) is 0 Å². The fourth-order valence-corrected chi connectivity index (χ4v) is 3.67. The van der Waals surface area contributed by atoms with Crippen molar-refractivity contribution in [2.75, 3.05) is 32.7 Å². The molecule has 0 aromatic rings. The van der Waals surface area contributed by atoms with E-state index < -0.39 is 0 Å². The van der Waals surface area contributed by atoms with Gasteiger partial charge in [-0.15, -0.1) is 0 Å². The van der Waals surface area contributed by atoms with Gasteiger partial charge in [0.15, 0.2) is 0 Å². The van der Waals surface area contributed by atoms with Crippen LogP contribution in [0.5, 0.6) is 0 Å². The molecule has 1 N–H and O–H groups in total. The Kier molecular flexibility index (Phi) is 4.22. The molecule has 1 saturated carbocycles. The lowest BCUT2D eigenvalue weighted by Crippen LogP contribution is -2.45. The number of hydrogen-bond acceptors (Lipinski definition) is 3. The molecule has 0 aromatic heterocycles. The molecular formula is C15H29N3. The van der Waals surface area contributed by atoms with E-state index in [1.807, 2.05) is 0 Å². The molecule has 2 aliphatic heterocycles. The largest absolute Gasteiger partial charge is 0.314 e. The van der Waals surface area contributed by atoms with E-state index in [-0.39, 0.29) is 0 Å². The van der Waals surface area contributed by atoms with E-state index in [9.17, 15) is 0 Å². The average molecular weight is 251 g/mol. The summed E-state index contributed by atoms with van der Waals surface area (Å²) >= 11 is 0. The minimum Gasteiger partial charge on any atom is -0.314 e. The first-order valence-electron chi connectivity index (χ1n) is 8.08. The lowest BCUT2D eigenvalue weighted by molar-refractivity contribution is 0.167. The van der Waals surface area contributed by atoms with Gasteiger partial charge < -0.3 is 5.32 Å². The lowest BCUT2D eigenvalue weighted by atomic mass is 10.1. The van der Waals surface area contributed by atoms with Crippen LogP contribution in [-0.2, 0) is 0 Å². The van der Waals surface area contributed by atoms with E-state index in [4.69, 9.17) is 0 Å². The molecule has 2 heterocycles. The van der Waals surface area contributed by atoms with E-state index in [1.54, 1.807) is 0 Å². The third kappa shape index (κ3) is 3.06. The van der Waals surface area contributed by atoms with Crippen molar-refractivity contribution >= 4 is 0 Å². The highest BCUT2D eigenvalue weighted by Crippen LogP contribution is 2.31. The van der Waals surface area contributed by atoms with Crippen molar-refractivity contribution in [2.24, 2.45) is 0 Å². The predicted molar refractivity (Wildman–Crippen MR) is 75.9 cm³/mol. The van der Waals surface area contributed by atoms with Crippen molar-refractivity contribution < 1.29 is 0 Å². The van der Waals surface area contributed by atoms with Crippen LogP contribution in [-0.4, -0.2) is 60.6 Å². The third-order valence-corrected chi connectivity index (χ3v) is 5.09. The summed E-state index contributed by atoms with van der Waals surface area (Å²) < 4.78 is 0. The molecule has 0 aromatic carbocycles. The van der Waals surface area contributed by atoms with E-state index >= 15 is 0 Å². The molecule has 0 radical (unpaired) electrons. The quantitative estimate of drug-likeness (QED) is 0.823. The van der Waals surface area contributed by atoms with Crippen LogP contribution in [0, 0.1) is 0 Å². The number of rotatable bonds is 3. The maximum absolute atomic E-state index is 3.68. The Hall–Kier alpha value is -0.120. The summed E-state index contributed by atoms with van der Waals surface area (Å²) in [4.78, 5) is 5.55. The van der Waals surface area contributed by atoms with Crippen LogP contribution in [0.15, 0.2) is 0 Å².